The number of hydrogen-bond acceptors (Lipinski definition) is 8. The van der Waals surface area contributed by atoms with Gasteiger partial charge in [0.1, 0.15) is 29.4 Å². The molecule has 0 aliphatic carbocycles. The number of nitrogens with one attached hydrogen (secondary N) is 1. The summed E-state index contributed by atoms with van der Waals surface area (Å²) in [6.07, 6.45) is 13.8. The summed E-state index contributed by atoms with van der Waals surface area (Å²) in [5, 5.41) is 13.3. The molecule has 44 heavy (non-hydrogen) atoms. The summed E-state index contributed by atoms with van der Waals surface area (Å²) in [6.45, 7) is 3.42. The van der Waals surface area contributed by atoms with Gasteiger partial charge in [-0.3, -0.25) is 14.9 Å². The third kappa shape index (κ3) is 6.00. The number of nitrogens with zero attached hydrogens (tertiary/aromatic N) is 5. The monoisotopic (exact) mass is 602 g/mol. The highest BCUT2D eigenvalue weighted by Gasteiger charge is 2.24. The molecule has 0 unspecified atom stereocenters. The van der Waals surface area contributed by atoms with Gasteiger partial charge in [-0.05, 0) is 62.4 Å². The van der Waals surface area contributed by atoms with Crippen LogP contribution in [-0.4, -0.2) is 64.3 Å². The molecule has 4 aromatic rings. The molecule has 2 aromatic heterocycles. The maximum Gasteiger partial charge on any atom is 0.319 e. The number of terminal acetylenes is 1. The number of phenols is 1. The molecule has 0 spiro atoms. The minimum Gasteiger partial charge on any atom is -0.508 e. The topological polar surface area (TPSA) is 86.6 Å². The van der Waals surface area contributed by atoms with Crippen molar-refractivity contribution in [3.63, 3.8) is 0 Å². The Morgan fingerprint density at radius 1 is 1.07 bits per heavy atom. The summed E-state index contributed by atoms with van der Waals surface area (Å²) in [4.78, 5) is 15.6. The molecule has 2 N–H and O–H groups in total. The molecule has 0 atom stereocenters. The summed E-state index contributed by atoms with van der Waals surface area (Å²) in [6, 6.07) is 5.27. The van der Waals surface area contributed by atoms with Crippen molar-refractivity contribution in [3.8, 4) is 35.4 Å². The van der Waals surface area contributed by atoms with Crippen molar-refractivity contribution < 1.29 is 23.0 Å². The van der Waals surface area contributed by atoms with Crippen molar-refractivity contribution >= 4 is 27.5 Å². The van der Waals surface area contributed by atoms with Gasteiger partial charge in [0.2, 0.25) is 0 Å². The zero-order valence-electron chi connectivity index (χ0n) is 24.3. The smallest absolute Gasteiger partial charge is 0.319 e. The molecular weight excluding hydrogens is 569 g/mol. The SMILES string of the molecule is C#Cc1c(F)ccc2cc(O)cc(-c3ncc4c(N5CCCCCN5)nc(OC/C(=C/F)CN5CCCCC5)nc4c3F)c12. The first-order chi connectivity index (χ1) is 21.5. The molecule has 228 valence electrons. The molecule has 2 saturated heterocycles. The summed E-state index contributed by atoms with van der Waals surface area (Å²) < 4.78 is 51.1. The molecule has 4 heterocycles. The number of likely N-dealkylation sites (tertiary alicyclic amines) is 1. The van der Waals surface area contributed by atoms with Crippen LogP contribution in [0, 0.1) is 24.0 Å². The van der Waals surface area contributed by atoms with Crippen LogP contribution in [0.5, 0.6) is 11.8 Å². The number of phenolic OH excluding ortho intramolecular Hbond substituents is 1. The van der Waals surface area contributed by atoms with Gasteiger partial charge in [-0.25, -0.2) is 18.6 Å². The predicted octanol–water partition coefficient (Wildman–Crippen LogP) is 6.02. The van der Waals surface area contributed by atoms with Crippen LogP contribution in [0.2, 0.25) is 0 Å². The number of benzene rings is 2. The number of fused-ring (bicyclic) bond motifs is 2. The molecule has 2 aromatic carbocycles. The Morgan fingerprint density at radius 3 is 2.66 bits per heavy atom. The molecule has 6 rings (SSSR count). The third-order valence-corrected chi connectivity index (χ3v) is 8.13. The Morgan fingerprint density at radius 2 is 1.86 bits per heavy atom. The standard InChI is InChI=1S/C33H33F3N6O2/c1-2-24-27(35)10-9-22-15-23(43)16-25(28(22)24)30-29(36)31-26(18-37-30)32(42-14-8-3-5-11-38-42)40-33(39-31)44-20-21(17-34)19-41-12-6-4-7-13-41/h1,9-10,15-18,38,43H,3-8,11-14,19-20H2/b21-17+. The van der Waals surface area contributed by atoms with Crippen LogP contribution in [0.15, 0.2) is 42.4 Å². The van der Waals surface area contributed by atoms with Crippen molar-refractivity contribution in [3.05, 3.63) is 59.6 Å². The van der Waals surface area contributed by atoms with Gasteiger partial charge < -0.3 is 9.84 Å². The lowest BCUT2D eigenvalue weighted by atomic mass is 9.96. The molecule has 0 amide bonds. The number of piperidine rings is 1. The maximum absolute atomic E-state index is 16.6. The van der Waals surface area contributed by atoms with Gasteiger partial charge in [0, 0.05) is 42.4 Å². The second-order valence-corrected chi connectivity index (χ2v) is 11.2. The van der Waals surface area contributed by atoms with E-state index in [2.05, 4.69) is 31.2 Å². The van der Waals surface area contributed by atoms with E-state index in [1.165, 1.54) is 36.9 Å². The van der Waals surface area contributed by atoms with E-state index in [-0.39, 0.29) is 46.1 Å². The van der Waals surface area contributed by atoms with Crippen LogP contribution in [0.4, 0.5) is 19.0 Å². The van der Waals surface area contributed by atoms with Gasteiger partial charge in [0.05, 0.1) is 17.3 Å². The fourth-order valence-corrected chi connectivity index (χ4v) is 5.95. The Hall–Kier alpha value is -4.40. The Labute approximate surface area is 253 Å². The molecule has 0 bridgehead atoms. The number of ether oxygens (including phenoxy) is 1. The van der Waals surface area contributed by atoms with Gasteiger partial charge >= 0.3 is 6.01 Å². The third-order valence-electron chi connectivity index (χ3n) is 8.13. The van der Waals surface area contributed by atoms with E-state index < -0.39 is 11.6 Å². The number of halogens is 3. The normalized spacial score (nSPS) is 16.7. The fourth-order valence-electron chi connectivity index (χ4n) is 5.95. The lowest BCUT2D eigenvalue weighted by Crippen LogP contribution is -2.38. The van der Waals surface area contributed by atoms with Crippen molar-refractivity contribution in [1.29, 1.82) is 0 Å². The Balaban J connectivity index is 1.45. The van der Waals surface area contributed by atoms with Crippen LogP contribution >= 0.6 is 0 Å². The Bertz CT molecular complexity index is 1760. The van der Waals surface area contributed by atoms with Gasteiger partial charge in [0.25, 0.3) is 0 Å². The average molecular weight is 603 g/mol. The average Bonchev–Trinajstić information content (AvgIpc) is 3.33. The zero-order chi connectivity index (χ0) is 30.6. The highest BCUT2D eigenvalue weighted by atomic mass is 19.1. The van der Waals surface area contributed by atoms with Crippen LogP contribution in [0.3, 0.4) is 0 Å². The first-order valence-electron chi connectivity index (χ1n) is 14.9. The number of aromatic hydroxyl groups is 1. The fraction of sp³-hybridized carbons (Fsp3) is 0.364. The predicted molar refractivity (Wildman–Crippen MR) is 164 cm³/mol. The number of pyridine rings is 1. The van der Waals surface area contributed by atoms with Gasteiger partial charge in [-0.1, -0.05) is 24.8 Å². The molecular formula is C33H33F3N6O2. The second-order valence-electron chi connectivity index (χ2n) is 11.2. The number of rotatable bonds is 7. The lowest BCUT2D eigenvalue weighted by molar-refractivity contribution is 0.231. The second kappa shape index (κ2) is 13.1. The highest BCUT2D eigenvalue weighted by Crippen LogP contribution is 2.38. The Kier molecular flexibility index (Phi) is 8.82. The lowest BCUT2D eigenvalue weighted by Gasteiger charge is -2.27. The van der Waals surface area contributed by atoms with Crippen LogP contribution in [0.1, 0.15) is 44.1 Å². The van der Waals surface area contributed by atoms with Crippen molar-refractivity contribution in [1.82, 2.24) is 25.3 Å². The molecule has 2 aliphatic rings. The van der Waals surface area contributed by atoms with Gasteiger partial charge in [0.15, 0.2) is 11.6 Å². The largest absolute Gasteiger partial charge is 0.508 e. The molecule has 11 heteroatoms. The minimum atomic E-state index is -0.820. The van der Waals surface area contributed by atoms with E-state index in [1.807, 2.05) is 5.01 Å². The van der Waals surface area contributed by atoms with Crippen LogP contribution in [0.25, 0.3) is 32.9 Å². The summed E-state index contributed by atoms with van der Waals surface area (Å²) >= 11 is 0. The summed E-state index contributed by atoms with van der Waals surface area (Å²) in [7, 11) is 0. The minimum absolute atomic E-state index is 0.0702. The van der Waals surface area contributed by atoms with E-state index in [0.29, 0.717) is 48.1 Å². The number of aromatic nitrogens is 3. The van der Waals surface area contributed by atoms with E-state index in [9.17, 15) is 13.9 Å². The quantitative estimate of drug-likeness (QED) is 0.248. The molecule has 2 aliphatic heterocycles. The maximum atomic E-state index is 16.6. The zero-order valence-corrected chi connectivity index (χ0v) is 24.3. The van der Waals surface area contributed by atoms with E-state index >= 15 is 4.39 Å². The van der Waals surface area contributed by atoms with Crippen molar-refractivity contribution in [2.24, 2.45) is 0 Å². The summed E-state index contributed by atoms with van der Waals surface area (Å²) in [5.41, 5.74) is 3.55. The first-order valence-corrected chi connectivity index (χ1v) is 14.9. The van der Waals surface area contributed by atoms with Crippen molar-refractivity contribution in [2.75, 3.05) is 44.3 Å². The highest BCUT2D eigenvalue weighted by molar-refractivity contribution is 6.03. The van der Waals surface area contributed by atoms with E-state index in [0.717, 1.165) is 45.2 Å². The van der Waals surface area contributed by atoms with Crippen LogP contribution < -0.4 is 15.2 Å². The molecule has 0 radical (unpaired) electrons. The molecule has 0 saturated carbocycles. The van der Waals surface area contributed by atoms with Crippen LogP contribution in [-0.2, 0) is 0 Å². The van der Waals surface area contributed by atoms with Crippen molar-refractivity contribution in [2.45, 2.75) is 38.5 Å². The number of hydrazine groups is 1. The van der Waals surface area contributed by atoms with Gasteiger partial charge in [-0.2, -0.15) is 9.97 Å². The van der Waals surface area contributed by atoms with Gasteiger partial charge in [-0.15, -0.1) is 6.42 Å². The van der Waals surface area contributed by atoms with E-state index in [4.69, 9.17) is 11.2 Å². The molecule has 8 nitrogen and oxygen atoms in total. The molecule has 2 fully saturated rings. The van der Waals surface area contributed by atoms with E-state index in [1.54, 1.807) is 0 Å². The number of anilines is 1. The summed E-state index contributed by atoms with van der Waals surface area (Å²) in [5.74, 6) is 1.09. The number of hydrogen-bond donors (Lipinski definition) is 2. The first kappa shape index (κ1) is 29.7.